The van der Waals surface area contributed by atoms with Crippen molar-refractivity contribution >= 4 is 6.29 Å². The molecular weight excluding hydrogens is 152 g/mol. The molecular formula is C10H9O2+. The van der Waals surface area contributed by atoms with Crippen LogP contribution in [0.15, 0.2) is 36.8 Å². The van der Waals surface area contributed by atoms with Crippen LogP contribution in [0.3, 0.4) is 0 Å². The summed E-state index contributed by atoms with van der Waals surface area (Å²) in [7, 11) is 0. The van der Waals surface area contributed by atoms with Gasteiger partial charge in [-0.05, 0) is 6.07 Å². The van der Waals surface area contributed by atoms with Gasteiger partial charge in [-0.2, -0.15) is 0 Å². The number of rotatable bonds is 0. The summed E-state index contributed by atoms with van der Waals surface area (Å²) in [6.07, 6.45) is 1.66. The van der Waals surface area contributed by atoms with Crippen molar-refractivity contribution < 1.29 is 9.16 Å². The molecule has 2 rings (SSSR count). The number of carbonyl (C=O) groups excluding carboxylic acids is 1. The zero-order chi connectivity index (χ0) is 8.39. The van der Waals surface area contributed by atoms with Crippen LogP contribution in [0.1, 0.15) is 15.6 Å². The third-order valence-corrected chi connectivity index (χ3v) is 1.76. The molecule has 0 bridgehead atoms. The number of benzene rings is 1. The molecule has 0 spiro atoms. The Morgan fingerprint density at radius 3 is 3.08 bits per heavy atom. The minimum Gasteiger partial charge on any atom is -0.313 e. The van der Waals surface area contributed by atoms with Gasteiger partial charge in [-0.1, -0.05) is 18.2 Å². The van der Waals surface area contributed by atoms with E-state index in [-0.39, 0.29) is 0 Å². The number of aldehydes is 1. The first-order valence-corrected chi connectivity index (χ1v) is 3.76. The largest absolute Gasteiger partial charge is 0.510 e. The Balaban J connectivity index is 2.45. The fraction of sp³-hybridized carbons (Fsp3) is 0.100. The number of fused-ring (bicyclic) bond motifs is 1. The Labute approximate surface area is 70.8 Å². The van der Waals surface area contributed by atoms with Crippen molar-refractivity contribution in [1.82, 2.24) is 0 Å². The van der Waals surface area contributed by atoms with Gasteiger partial charge < -0.3 is 4.74 Å². The van der Waals surface area contributed by atoms with Crippen LogP contribution in [-0.4, -0.2) is 6.29 Å². The molecule has 0 atom stereocenters. The van der Waals surface area contributed by atoms with Crippen LogP contribution in [-0.2, 0) is 11.3 Å². The molecule has 1 aliphatic rings. The van der Waals surface area contributed by atoms with Crippen LogP contribution in [0.4, 0.5) is 0 Å². The lowest BCUT2D eigenvalue weighted by molar-refractivity contribution is -0.263. The molecule has 1 aromatic rings. The molecule has 2 nitrogen and oxygen atoms in total. The summed E-state index contributed by atoms with van der Waals surface area (Å²) in [6.45, 7) is 4.11. The summed E-state index contributed by atoms with van der Waals surface area (Å²) >= 11 is 0. The van der Waals surface area contributed by atoms with E-state index < -0.39 is 0 Å². The van der Waals surface area contributed by atoms with Crippen molar-refractivity contribution in [2.24, 2.45) is 0 Å². The van der Waals surface area contributed by atoms with Crippen molar-refractivity contribution in [3.8, 4) is 0 Å². The van der Waals surface area contributed by atoms with E-state index in [2.05, 4.69) is 6.58 Å². The molecule has 0 saturated heterocycles. The van der Waals surface area contributed by atoms with E-state index in [1.807, 2.05) is 24.3 Å². The smallest absolute Gasteiger partial charge is 0.313 e. The van der Waals surface area contributed by atoms with Gasteiger partial charge in [0.25, 0.3) is 0 Å². The van der Waals surface area contributed by atoms with Crippen LogP contribution in [0.2, 0.25) is 0 Å². The van der Waals surface area contributed by atoms with Gasteiger partial charge in [0.1, 0.15) is 0 Å². The third kappa shape index (κ3) is 1.23. The number of hydrogen-bond acceptors (Lipinski definition) is 1. The maximum atomic E-state index is 5.18. The van der Waals surface area contributed by atoms with Gasteiger partial charge in [-0.25, -0.2) is 0 Å². The highest BCUT2D eigenvalue weighted by atomic mass is 16.6. The lowest BCUT2D eigenvalue weighted by atomic mass is 10.1. The fourth-order valence-electron chi connectivity index (χ4n) is 1.10. The second-order valence-electron chi connectivity index (χ2n) is 2.60. The van der Waals surface area contributed by atoms with Gasteiger partial charge in [0.2, 0.25) is 12.9 Å². The molecule has 0 radical (unpaired) electrons. The summed E-state index contributed by atoms with van der Waals surface area (Å²) in [5.74, 6) is 0.353. The van der Waals surface area contributed by atoms with Crippen LogP contribution in [0.25, 0.3) is 0 Å². The van der Waals surface area contributed by atoms with E-state index in [9.17, 15) is 0 Å². The Kier molecular flexibility index (Phi) is 1.67. The lowest BCUT2D eigenvalue weighted by Crippen LogP contribution is -1.90. The fourth-order valence-corrected chi connectivity index (χ4v) is 1.10. The molecule has 12 heavy (non-hydrogen) atoms. The first kappa shape index (κ1) is 7.10. The Morgan fingerprint density at radius 2 is 2.17 bits per heavy atom. The maximum absolute atomic E-state index is 5.18. The normalized spacial score (nSPS) is 14.8. The van der Waals surface area contributed by atoms with Gasteiger partial charge in [0.15, 0.2) is 0 Å². The van der Waals surface area contributed by atoms with Gasteiger partial charge in [-0.15, -0.1) is 0 Å². The third-order valence-electron chi connectivity index (χ3n) is 1.76. The highest BCUT2D eigenvalue weighted by Crippen LogP contribution is 2.13. The quantitative estimate of drug-likeness (QED) is 0.421. The molecule has 2 heteroatoms. The van der Waals surface area contributed by atoms with Crippen molar-refractivity contribution in [3.63, 3.8) is 0 Å². The summed E-state index contributed by atoms with van der Waals surface area (Å²) in [6, 6.07) is 7.93. The Hall–Kier alpha value is -1.57. The average Bonchev–Trinajstić information content (AvgIpc) is 2.29. The van der Waals surface area contributed by atoms with Gasteiger partial charge in [0, 0.05) is 17.7 Å². The number of hydrogen-bond donors (Lipinski definition) is 0. The summed E-state index contributed by atoms with van der Waals surface area (Å²) in [4.78, 5) is 0. The van der Waals surface area contributed by atoms with Crippen molar-refractivity contribution in [1.29, 1.82) is 0 Å². The van der Waals surface area contributed by atoms with E-state index in [0.29, 0.717) is 12.6 Å². The van der Waals surface area contributed by atoms with Crippen LogP contribution in [0, 0.1) is 0 Å². The maximum Gasteiger partial charge on any atom is 0.510 e. The zero-order valence-electron chi connectivity index (χ0n) is 6.62. The molecule has 0 saturated carbocycles. The Morgan fingerprint density at radius 1 is 1.33 bits per heavy atom. The first-order chi connectivity index (χ1) is 5.86. The summed E-state index contributed by atoms with van der Waals surface area (Å²) in [5, 5.41) is 0. The predicted molar refractivity (Wildman–Crippen MR) is 45.8 cm³/mol. The van der Waals surface area contributed by atoms with E-state index in [1.54, 1.807) is 6.29 Å². The molecule has 0 amide bonds. The highest BCUT2D eigenvalue weighted by Gasteiger charge is 2.14. The molecule has 60 valence electrons. The summed E-state index contributed by atoms with van der Waals surface area (Å²) in [5.41, 5.74) is 2.17. The monoisotopic (exact) mass is 161 g/mol. The lowest BCUT2D eigenvalue weighted by Gasteiger charge is -1.94. The molecule has 1 aliphatic heterocycles. The second kappa shape index (κ2) is 2.81. The molecule has 1 aromatic carbocycles. The molecule has 0 aliphatic carbocycles. The van der Waals surface area contributed by atoms with E-state index in [4.69, 9.17) is 9.16 Å². The van der Waals surface area contributed by atoms with Crippen LogP contribution < -0.4 is 0 Å². The van der Waals surface area contributed by atoms with Crippen LogP contribution >= 0.6 is 0 Å². The first-order valence-electron chi connectivity index (χ1n) is 3.76. The van der Waals surface area contributed by atoms with Gasteiger partial charge in [0.05, 0.1) is 0 Å². The highest BCUT2D eigenvalue weighted by molar-refractivity contribution is 5.77. The van der Waals surface area contributed by atoms with Crippen molar-refractivity contribution in [2.45, 2.75) is 6.61 Å². The molecule has 1 heterocycles. The number of ether oxygens (including phenoxy) is 1. The van der Waals surface area contributed by atoms with Crippen molar-refractivity contribution in [3.05, 3.63) is 47.9 Å². The summed E-state index contributed by atoms with van der Waals surface area (Å²) < 4.78 is 10.3. The minimum absolute atomic E-state index is 0.353. The van der Waals surface area contributed by atoms with Gasteiger partial charge >= 0.3 is 5.95 Å². The van der Waals surface area contributed by atoms with E-state index >= 15 is 0 Å². The molecule has 0 unspecified atom stereocenters. The molecule has 0 aromatic heterocycles. The van der Waals surface area contributed by atoms with E-state index in [1.165, 1.54) is 0 Å². The second-order valence-corrected chi connectivity index (χ2v) is 2.60. The molecule has 0 N–H and O–H groups in total. The zero-order valence-corrected chi connectivity index (χ0v) is 6.62. The van der Waals surface area contributed by atoms with Crippen molar-refractivity contribution in [2.75, 3.05) is 0 Å². The topological polar surface area (TPSA) is 20.5 Å². The Bertz CT molecular complexity index is 339. The van der Waals surface area contributed by atoms with Gasteiger partial charge in [-0.3, -0.25) is 4.42 Å². The predicted octanol–water partition coefficient (Wildman–Crippen LogP) is 2.04. The molecule has 0 fully saturated rings. The standard InChI is InChI=1S/C10H9O2/c1-8-11-6-9-4-2-3-5-10(9)7-12-8/h2-6H,1,7H2/q+1. The minimum atomic E-state index is 0.353. The van der Waals surface area contributed by atoms with Crippen LogP contribution in [0.5, 0.6) is 0 Å². The average molecular weight is 161 g/mol. The SMILES string of the molecule is C=C1OCc2ccccc2C=[O+]1. The van der Waals surface area contributed by atoms with E-state index in [0.717, 1.165) is 11.1 Å².